The number of nitrogens with zero attached hydrogens (tertiary/aromatic N) is 2. The summed E-state index contributed by atoms with van der Waals surface area (Å²) in [4.78, 5) is 0. The maximum atomic E-state index is 9.99. The number of phenols is 1. The zero-order chi connectivity index (χ0) is 13.3. The third kappa shape index (κ3) is 3.74. The molecule has 20 heavy (non-hydrogen) atoms. The number of hydrogen-bond donors (Lipinski definition) is 1. The van der Waals surface area contributed by atoms with Crippen LogP contribution in [0.4, 0.5) is 0 Å². The Kier molecular flexibility index (Phi) is 6.74. The summed E-state index contributed by atoms with van der Waals surface area (Å²) in [6.45, 7) is 7.92. The number of hydrogen-bond acceptors (Lipinski definition) is 2. The molecule has 0 aliphatic rings. The van der Waals surface area contributed by atoms with E-state index in [0.29, 0.717) is 5.75 Å². The first-order valence-electron chi connectivity index (χ1n) is 5.98. The molecule has 0 atom stereocenters. The van der Waals surface area contributed by atoms with Gasteiger partial charge in [0.15, 0.2) is 0 Å². The van der Waals surface area contributed by atoms with Crippen LogP contribution in [0.15, 0.2) is 29.4 Å². The molecular formula is C16H21N2NiO-. The van der Waals surface area contributed by atoms with Crippen LogP contribution in [0.1, 0.15) is 28.1 Å². The van der Waals surface area contributed by atoms with Gasteiger partial charge in [0.25, 0.3) is 0 Å². The van der Waals surface area contributed by atoms with Crippen molar-refractivity contribution in [2.24, 2.45) is 5.10 Å². The molecule has 1 aromatic heterocycles. The Bertz CT molecular complexity index is 596. The van der Waals surface area contributed by atoms with Gasteiger partial charge in [0.05, 0.1) is 6.21 Å². The van der Waals surface area contributed by atoms with Gasteiger partial charge in [-0.15, -0.1) is 0 Å². The van der Waals surface area contributed by atoms with Gasteiger partial charge in [-0.25, -0.2) is 4.68 Å². The Morgan fingerprint density at radius 2 is 1.60 bits per heavy atom. The van der Waals surface area contributed by atoms with Crippen LogP contribution in [0.2, 0.25) is 0 Å². The third-order valence-electron chi connectivity index (χ3n) is 3.02. The van der Waals surface area contributed by atoms with Crippen molar-refractivity contribution in [3.8, 4) is 5.75 Å². The van der Waals surface area contributed by atoms with Crippen molar-refractivity contribution < 1.29 is 21.6 Å². The fourth-order valence-electron chi connectivity index (χ4n) is 2.05. The molecule has 0 amide bonds. The van der Waals surface area contributed by atoms with Crippen LogP contribution in [-0.4, -0.2) is 16.0 Å². The van der Waals surface area contributed by atoms with E-state index in [1.807, 2.05) is 56.6 Å². The Morgan fingerprint density at radius 1 is 1.05 bits per heavy atom. The number of phenolic OH excluding ortho intramolecular Hbond substituents is 1. The van der Waals surface area contributed by atoms with E-state index in [4.69, 9.17) is 0 Å². The van der Waals surface area contributed by atoms with Crippen molar-refractivity contribution in [1.82, 2.24) is 4.68 Å². The molecule has 1 N–H and O–H groups in total. The van der Waals surface area contributed by atoms with E-state index in [1.165, 1.54) is 0 Å². The summed E-state index contributed by atoms with van der Waals surface area (Å²) in [5.74, 6) is 0.298. The van der Waals surface area contributed by atoms with Crippen LogP contribution in [0.3, 0.4) is 0 Å². The maximum Gasteiger partial charge on any atom is 0.127 e. The zero-order valence-corrected chi connectivity index (χ0v) is 13.5. The number of aromatic hydroxyl groups is 1. The van der Waals surface area contributed by atoms with E-state index in [-0.39, 0.29) is 23.9 Å². The summed E-state index contributed by atoms with van der Waals surface area (Å²) in [5, 5.41) is 14.4. The molecule has 0 unspecified atom stereocenters. The van der Waals surface area contributed by atoms with Gasteiger partial charge in [0, 0.05) is 33.4 Å². The summed E-state index contributed by atoms with van der Waals surface area (Å²) in [7, 11) is 0. The van der Waals surface area contributed by atoms with Gasteiger partial charge in [-0.3, -0.25) is 0 Å². The summed E-state index contributed by atoms with van der Waals surface area (Å²) in [6, 6.07) is 7.93. The quantitative estimate of drug-likeness (QED) is 0.511. The molecule has 0 fully saturated rings. The molecule has 0 aliphatic heterocycles. The van der Waals surface area contributed by atoms with Crippen LogP contribution in [0, 0.1) is 35.1 Å². The van der Waals surface area contributed by atoms with Crippen molar-refractivity contribution in [2.75, 3.05) is 0 Å². The fourth-order valence-corrected chi connectivity index (χ4v) is 2.05. The van der Waals surface area contributed by atoms with E-state index in [1.54, 1.807) is 6.21 Å². The molecular weight excluding hydrogens is 295 g/mol. The molecule has 0 radical (unpaired) electrons. The number of aromatic nitrogens is 1. The smallest absolute Gasteiger partial charge is 0.127 e. The number of benzene rings is 1. The van der Waals surface area contributed by atoms with Crippen molar-refractivity contribution in [2.45, 2.75) is 27.7 Å². The number of aryl methyl sites for hydroxylation is 4. The molecule has 0 aliphatic carbocycles. The first-order valence-corrected chi connectivity index (χ1v) is 5.98. The van der Waals surface area contributed by atoms with Gasteiger partial charge in [0.2, 0.25) is 0 Å². The first kappa shape index (κ1) is 18.5. The standard InChI is InChI=1S/C15H18N2O.CH3.Ni/c1-10-7-11(2)15(18)14(8-10)9-16-17-12(3)5-6-13(17)4;;/h5-9,18H,1-4H3;1H3;/q;-1;/b16-9+;;. The average Bonchev–Trinajstić information content (AvgIpc) is 2.62. The second-order valence-electron chi connectivity index (χ2n) is 4.69. The molecule has 0 spiro atoms. The van der Waals surface area contributed by atoms with E-state index in [0.717, 1.165) is 28.1 Å². The van der Waals surface area contributed by atoms with Crippen molar-refractivity contribution in [3.63, 3.8) is 0 Å². The molecule has 2 aromatic rings. The van der Waals surface area contributed by atoms with E-state index >= 15 is 0 Å². The van der Waals surface area contributed by atoms with E-state index < -0.39 is 0 Å². The minimum absolute atomic E-state index is 0. The second kappa shape index (κ2) is 7.30. The molecule has 4 heteroatoms. The Hall–Kier alpha value is -1.54. The second-order valence-corrected chi connectivity index (χ2v) is 4.69. The largest absolute Gasteiger partial charge is 0.507 e. The molecule has 0 saturated heterocycles. The summed E-state index contributed by atoms with van der Waals surface area (Å²) in [5.41, 5.74) is 4.89. The fraction of sp³-hybridized carbons (Fsp3) is 0.250. The van der Waals surface area contributed by atoms with Gasteiger partial charge in [-0.1, -0.05) is 6.07 Å². The third-order valence-corrected chi connectivity index (χ3v) is 3.02. The van der Waals surface area contributed by atoms with Gasteiger partial charge >= 0.3 is 0 Å². The zero-order valence-electron chi connectivity index (χ0n) is 12.5. The van der Waals surface area contributed by atoms with Crippen LogP contribution >= 0.6 is 0 Å². The normalized spacial score (nSPS) is 10.2. The SMILES string of the molecule is Cc1cc(C)c(O)c(/C=N/n2c(C)ccc2C)c1.[CH3-].[Ni]. The van der Waals surface area contributed by atoms with Crippen LogP contribution < -0.4 is 0 Å². The molecule has 1 heterocycles. The van der Waals surface area contributed by atoms with Crippen molar-refractivity contribution >= 4 is 6.21 Å². The van der Waals surface area contributed by atoms with Gasteiger partial charge in [-0.05, 0) is 57.0 Å². The van der Waals surface area contributed by atoms with Crippen LogP contribution in [0.25, 0.3) is 0 Å². The van der Waals surface area contributed by atoms with Gasteiger partial charge in [-0.2, -0.15) is 5.10 Å². The van der Waals surface area contributed by atoms with E-state index in [2.05, 4.69) is 5.10 Å². The monoisotopic (exact) mass is 315 g/mol. The topological polar surface area (TPSA) is 37.5 Å². The van der Waals surface area contributed by atoms with Gasteiger partial charge < -0.3 is 12.5 Å². The molecule has 3 nitrogen and oxygen atoms in total. The Balaban J connectivity index is 0.00000180. The number of rotatable bonds is 2. The van der Waals surface area contributed by atoms with Gasteiger partial charge in [0.1, 0.15) is 5.75 Å². The maximum absolute atomic E-state index is 9.99. The summed E-state index contributed by atoms with van der Waals surface area (Å²) < 4.78 is 1.86. The molecule has 0 saturated carbocycles. The summed E-state index contributed by atoms with van der Waals surface area (Å²) >= 11 is 0. The Labute approximate surface area is 131 Å². The predicted octanol–water partition coefficient (Wildman–Crippen LogP) is 3.76. The Morgan fingerprint density at radius 3 is 2.15 bits per heavy atom. The van der Waals surface area contributed by atoms with Crippen LogP contribution in [-0.2, 0) is 16.5 Å². The molecule has 1 aromatic carbocycles. The molecule has 112 valence electrons. The summed E-state index contributed by atoms with van der Waals surface area (Å²) in [6.07, 6.45) is 1.70. The van der Waals surface area contributed by atoms with Crippen molar-refractivity contribution in [3.05, 3.63) is 59.8 Å². The predicted molar refractivity (Wildman–Crippen MR) is 80.9 cm³/mol. The van der Waals surface area contributed by atoms with E-state index in [9.17, 15) is 5.11 Å². The average molecular weight is 316 g/mol. The molecule has 0 bridgehead atoms. The van der Waals surface area contributed by atoms with Crippen molar-refractivity contribution in [1.29, 1.82) is 0 Å². The minimum Gasteiger partial charge on any atom is -0.507 e. The molecule has 2 rings (SSSR count). The first-order chi connectivity index (χ1) is 8.49. The van der Waals surface area contributed by atoms with Crippen LogP contribution in [0.5, 0.6) is 5.75 Å². The minimum atomic E-state index is 0.